The number of aryl methyl sites for hydroxylation is 1. The molecule has 0 aliphatic heterocycles. The van der Waals surface area contributed by atoms with Gasteiger partial charge >= 0.3 is 0 Å². The fraction of sp³-hybridized carbons (Fsp3) is 0.300. The van der Waals surface area contributed by atoms with Crippen LogP contribution in [0.3, 0.4) is 0 Å². The predicted octanol–water partition coefficient (Wildman–Crippen LogP) is 2.05. The molecule has 1 rings (SSSR count). The van der Waals surface area contributed by atoms with E-state index in [1.54, 1.807) is 0 Å². The molecule has 0 aliphatic rings. The van der Waals surface area contributed by atoms with Crippen molar-refractivity contribution in [3.05, 3.63) is 32.9 Å². The minimum Gasteiger partial charge on any atom is -0.330 e. The van der Waals surface area contributed by atoms with Gasteiger partial charge < -0.3 is 5.73 Å². The Labute approximate surface area is 91.9 Å². The van der Waals surface area contributed by atoms with E-state index >= 15 is 0 Å². The summed E-state index contributed by atoms with van der Waals surface area (Å²) in [5, 5.41) is 8.70. The summed E-state index contributed by atoms with van der Waals surface area (Å²) >= 11 is 2.28. The maximum Gasteiger partial charge on any atom is 0.0991 e. The maximum absolute atomic E-state index is 8.70. The van der Waals surface area contributed by atoms with Crippen LogP contribution in [0.25, 0.3) is 0 Å². The molecule has 13 heavy (non-hydrogen) atoms. The summed E-state index contributed by atoms with van der Waals surface area (Å²) in [4.78, 5) is 0. The number of rotatable bonds is 3. The Morgan fingerprint density at radius 1 is 1.46 bits per heavy atom. The second-order valence-electron chi connectivity index (χ2n) is 2.81. The molecule has 0 fully saturated rings. The molecular weight excluding hydrogens is 275 g/mol. The lowest BCUT2D eigenvalue weighted by Crippen LogP contribution is -2.01. The molecule has 1 aromatic carbocycles. The van der Waals surface area contributed by atoms with Gasteiger partial charge in [0.1, 0.15) is 0 Å². The molecule has 0 amide bonds. The van der Waals surface area contributed by atoms with Gasteiger partial charge in [0.15, 0.2) is 0 Å². The number of nitrogens with zero attached hydrogens (tertiary/aromatic N) is 1. The van der Waals surface area contributed by atoms with Crippen LogP contribution in [0, 0.1) is 14.9 Å². The first-order valence-corrected chi connectivity index (χ1v) is 5.24. The Morgan fingerprint density at radius 3 is 2.85 bits per heavy atom. The van der Waals surface area contributed by atoms with Crippen LogP contribution in [0.15, 0.2) is 18.2 Å². The highest BCUT2D eigenvalue weighted by Gasteiger charge is 2.00. The molecule has 0 heterocycles. The summed E-state index contributed by atoms with van der Waals surface area (Å²) in [5.74, 6) is 0. The van der Waals surface area contributed by atoms with Gasteiger partial charge in [0.2, 0.25) is 0 Å². The third kappa shape index (κ3) is 2.98. The van der Waals surface area contributed by atoms with Crippen molar-refractivity contribution in [2.75, 3.05) is 6.54 Å². The summed E-state index contributed by atoms with van der Waals surface area (Å²) < 4.78 is 1.21. The molecular formula is C10H11IN2. The van der Waals surface area contributed by atoms with Crippen molar-refractivity contribution >= 4 is 22.6 Å². The van der Waals surface area contributed by atoms with Gasteiger partial charge in [-0.2, -0.15) is 5.26 Å². The van der Waals surface area contributed by atoms with E-state index in [4.69, 9.17) is 11.0 Å². The SMILES string of the molecule is N#Cc1ccc(I)c(CCCN)c1. The zero-order chi connectivity index (χ0) is 9.68. The highest BCUT2D eigenvalue weighted by Crippen LogP contribution is 2.15. The van der Waals surface area contributed by atoms with Crippen molar-refractivity contribution in [3.63, 3.8) is 0 Å². The van der Waals surface area contributed by atoms with Gasteiger partial charge in [-0.1, -0.05) is 0 Å². The molecule has 0 aromatic heterocycles. The maximum atomic E-state index is 8.70. The van der Waals surface area contributed by atoms with Crippen LogP contribution in [0.5, 0.6) is 0 Å². The lowest BCUT2D eigenvalue weighted by molar-refractivity contribution is 0.829. The summed E-state index contributed by atoms with van der Waals surface area (Å²) in [5.41, 5.74) is 7.39. The van der Waals surface area contributed by atoms with Gasteiger partial charge in [0.05, 0.1) is 11.6 Å². The van der Waals surface area contributed by atoms with Crippen molar-refractivity contribution in [1.29, 1.82) is 5.26 Å². The van der Waals surface area contributed by atoms with E-state index in [1.165, 1.54) is 9.13 Å². The monoisotopic (exact) mass is 286 g/mol. The minimum absolute atomic E-state index is 0.701. The average Bonchev–Trinajstić information content (AvgIpc) is 2.17. The fourth-order valence-electron chi connectivity index (χ4n) is 1.13. The van der Waals surface area contributed by atoms with Gasteiger partial charge in [-0.15, -0.1) is 0 Å². The Kier molecular flexibility index (Phi) is 4.19. The first kappa shape index (κ1) is 10.5. The second kappa shape index (κ2) is 5.20. The number of nitriles is 1. The van der Waals surface area contributed by atoms with E-state index in [0.717, 1.165) is 18.4 Å². The lowest BCUT2D eigenvalue weighted by Gasteiger charge is -2.03. The summed E-state index contributed by atoms with van der Waals surface area (Å²) in [6.45, 7) is 0.701. The van der Waals surface area contributed by atoms with Crippen LogP contribution >= 0.6 is 22.6 Å². The van der Waals surface area contributed by atoms with E-state index < -0.39 is 0 Å². The van der Waals surface area contributed by atoms with Crippen LogP contribution < -0.4 is 5.73 Å². The number of nitrogens with two attached hydrogens (primary N) is 1. The van der Waals surface area contributed by atoms with E-state index in [0.29, 0.717) is 6.54 Å². The molecule has 0 saturated heterocycles. The summed E-state index contributed by atoms with van der Waals surface area (Å²) in [6.07, 6.45) is 1.94. The second-order valence-corrected chi connectivity index (χ2v) is 3.97. The normalized spacial score (nSPS) is 9.62. The van der Waals surface area contributed by atoms with E-state index in [2.05, 4.69) is 28.7 Å². The smallest absolute Gasteiger partial charge is 0.0991 e. The first-order valence-electron chi connectivity index (χ1n) is 4.16. The molecule has 0 radical (unpaired) electrons. The van der Waals surface area contributed by atoms with Crippen LogP contribution in [0.1, 0.15) is 17.5 Å². The number of benzene rings is 1. The molecule has 0 spiro atoms. The van der Waals surface area contributed by atoms with E-state index in [-0.39, 0.29) is 0 Å². The van der Waals surface area contributed by atoms with Crippen LogP contribution in [0.2, 0.25) is 0 Å². The van der Waals surface area contributed by atoms with Crippen LogP contribution in [-0.2, 0) is 6.42 Å². The van der Waals surface area contributed by atoms with Gasteiger partial charge in [-0.25, -0.2) is 0 Å². The highest BCUT2D eigenvalue weighted by atomic mass is 127. The van der Waals surface area contributed by atoms with Crippen molar-refractivity contribution in [2.24, 2.45) is 5.73 Å². The zero-order valence-electron chi connectivity index (χ0n) is 7.26. The molecule has 0 aliphatic carbocycles. The third-order valence-electron chi connectivity index (χ3n) is 1.83. The van der Waals surface area contributed by atoms with E-state index in [1.807, 2.05) is 18.2 Å². The molecule has 2 nitrogen and oxygen atoms in total. The average molecular weight is 286 g/mol. The largest absolute Gasteiger partial charge is 0.330 e. The summed E-state index contributed by atoms with van der Waals surface area (Å²) in [6, 6.07) is 7.90. The first-order chi connectivity index (χ1) is 6.27. The molecule has 0 atom stereocenters. The topological polar surface area (TPSA) is 49.8 Å². The van der Waals surface area contributed by atoms with Crippen molar-refractivity contribution < 1.29 is 0 Å². The standard InChI is InChI=1S/C10H11IN2/c11-10-4-3-8(7-13)6-9(10)2-1-5-12/h3-4,6H,1-2,5,12H2. The van der Waals surface area contributed by atoms with E-state index in [9.17, 15) is 0 Å². The Bertz CT molecular complexity index is 328. The molecule has 68 valence electrons. The fourth-order valence-corrected chi connectivity index (χ4v) is 1.73. The third-order valence-corrected chi connectivity index (χ3v) is 2.88. The van der Waals surface area contributed by atoms with Crippen molar-refractivity contribution in [3.8, 4) is 6.07 Å². The molecule has 0 unspecified atom stereocenters. The molecule has 0 saturated carbocycles. The zero-order valence-corrected chi connectivity index (χ0v) is 9.41. The quantitative estimate of drug-likeness (QED) is 0.865. The van der Waals surface area contributed by atoms with Crippen molar-refractivity contribution in [1.82, 2.24) is 0 Å². The summed E-state index contributed by atoms with van der Waals surface area (Å²) in [7, 11) is 0. The molecule has 1 aromatic rings. The molecule has 2 N–H and O–H groups in total. The van der Waals surface area contributed by atoms with Gasteiger partial charge in [-0.3, -0.25) is 0 Å². The van der Waals surface area contributed by atoms with Gasteiger partial charge in [0, 0.05) is 3.57 Å². The van der Waals surface area contributed by atoms with Gasteiger partial charge in [-0.05, 0) is 65.7 Å². The predicted molar refractivity (Wildman–Crippen MR) is 61.2 cm³/mol. The number of hydrogen-bond acceptors (Lipinski definition) is 2. The van der Waals surface area contributed by atoms with Crippen molar-refractivity contribution in [2.45, 2.75) is 12.8 Å². The van der Waals surface area contributed by atoms with Gasteiger partial charge in [0.25, 0.3) is 0 Å². The highest BCUT2D eigenvalue weighted by molar-refractivity contribution is 14.1. The Hall–Kier alpha value is -0.600. The number of hydrogen-bond donors (Lipinski definition) is 1. The van der Waals surface area contributed by atoms with Crippen LogP contribution in [0.4, 0.5) is 0 Å². The molecule has 0 bridgehead atoms. The lowest BCUT2D eigenvalue weighted by atomic mass is 10.1. The number of halogens is 1. The minimum atomic E-state index is 0.701. The Morgan fingerprint density at radius 2 is 2.23 bits per heavy atom. The Balaban J connectivity index is 2.85. The van der Waals surface area contributed by atoms with Crippen LogP contribution in [-0.4, -0.2) is 6.54 Å². The molecule has 3 heteroatoms.